The molecule has 0 unspecified atom stereocenters. The van der Waals surface area contributed by atoms with E-state index in [0.717, 1.165) is 17.7 Å². The number of halogens is 1. The molecule has 1 aromatic heterocycles. The van der Waals surface area contributed by atoms with Gasteiger partial charge in [0.1, 0.15) is 17.8 Å². The van der Waals surface area contributed by atoms with Gasteiger partial charge in [-0.2, -0.15) is 0 Å². The summed E-state index contributed by atoms with van der Waals surface area (Å²) >= 11 is 6.10. The molecule has 0 radical (unpaired) electrons. The Morgan fingerprint density at radius 1 is 1.30 bits per heavy atom. The fourth-order valence-corrected chi connectivity index (χ4v) is 2.06. The van der Waals surface area contributed by atoms with Crippen LogP contribution in [-0.2, 0) is 4.74 Å². The van der Waals surface area contributed by atoms with Crippen molar-refractivity contribution in [2.45, 2.75) is 13.3 Å². The summed E-state index contributed by atoms with van der Waals surface area (Å²) in [4.78, 5) is 20.1. The number of anilines is 2. The van der Waals surface area contributed by atoms with Crippen molar-refractivity contribution in [1.82, 2.24) is 15.3 Å². The number of methoxy groups -OCH3 is 1. The van der Waals surface area contributed by atoms with Crippen LogP contribution in [0.5, 0.6) is 0 Å². The lowest BCUT2D eigenvalue weighted by atomic mass is 10.2. The summed E-state index contributed by atoms with van der Waals surface area (Å²) < 4.78 is 4.94. The second-order valence-electron chi connectivity index (χ2n) is 4.98. The molecule has 1 amide bonds. The van der Waals surface area contributed by atoms with E-state index in [0.29, 0.717) is 29.7 Å². The number of amides is 1. The van der Waals surface area contributed by atoms with E-state index in [1.54, 1.807) is 13.2 Å². The van der Waals surface area contributed by atoms with E-state index in [1.807, 2.05) is 25.1 Å². The lowest BCUT2D eigenvalue weighted by Crippen LogP contribution is -2.26. The maximum Gasteiger partial charge on any atom is 0.270 e. The molecule has 0 bridgehead atoms. The molecule has 0 saturated heterocycles. The summed E-state index contributed by atoms with van der Waals surface area (Å²) in [5.74, 6) is 0.287. The summed E-state index contributed by atoms with van der Waals surface area (Å²) in [5, 5.41) is 6.56. The Morgan fingerprint density at radius 2 is 2.13 bits per heavy atom. The Balaban J connectivity index is 2.01. The Bertz CT molecular complexity index is 679. The van der Waals surface area contributed by atoms with Crippen molar-refractivity contribution in [1.29, 1.82) is 0 Å². The van der Waals surface area contributed by atoms with Gasteiger partial charge in [-0.3, -0.25) is 4.79 Å². The van der Waals surface area contributed by atoms with Gasteiger partial charge >= 0.3 is 0 Å². The maximum absolute atomic E-state index is 12.0. The molecule has 1 heterocycles. The van der Waals surface area contributed by atoms with Gasteiger partial charge in [0.25, 0.3) is 5.91 Å². The van der Waals surface area contributed by atoms with Crippen LogP contribution in [0.15, 0.2) is 30.6 Å². The molecule has 0 aliphatic carbocycles. The fraction of sp³-hybridized carbons (Fsp3) is 0.312. The van der Waals surface area contributed by atoms with Crippen molar-refractivity contribution in [2.24, 2.45) is 0 Å². The van der Waals surface area contributed by atoms with Gasteiger partial charge in [0.15, 0.2) is 0 Å². The number of aromatic nitrogens is 2. The van der Waals surface area contributed by atoms with Gasteiger partial charge in [-0.1, -0.05) is 17.7 Å². The zero-order valence-electron chi connectivity index (χ0n) is 13.1. The average molecular weight is 335 g/mol. The van der Waals surface area contributed by atoms with Crippen LogP contribution in [0.4, 0.5) is 11.5 Å². The lowest BCUT2D eigenvalue weighted by molar-refractivity contribution is 0.0943. The fourth-order valence-electron chi connectivity index (χ4n) is 1.88. The van der Waals surface area contributed by atoms with E-state index in [9.17, 15) is 4.79 Å². The normalized spacial score (nSPS) is 10.4. The Kier molecular flexibility index (Phi) is 6.31. The second kappa shape index (κ2) is 8.45. The predicted octanol–water partition coefficient (Wildman–Crippen LogP) is 2.95. The molecule has 0 atom stereocenters. The molecule has 0 aliphatic heterocycles. The highest BCUT2D eigenvalue weighted by Crippen LogP contribution is 2.22. The molecular weight excluding hydrogens is 316 g/mol. The number of aryl methyl sites for hydroxylation is 1. The van der Waals surface area contributed by atoms with Crippen LogP contribution in [-0.4, -0.2) is 36.1 Å². The first-order valence-electron chi connectivity index (χ1n) is 7.22. The SMILES string of the molecule is COCCCNC(=O)c1cc(Nc2ccc(C)c(Cl)c2)ncn1. The van der Waals surface area contributed by atoms with Crippen molar-refractivity contribution >= 4 is 29.0 Å². The Labute approximate surface area is 140 Å². The van der Waals surface area contributed by atoms with Crippen LogP contribution in [0.1, 0.15) is 22.5 Å². The van der Waals surface area contributed by atoms with E-state index >= 15 is 0 Å². The quantitative estimate of drug-likeness (QED) is 0.761. The molecule has 7 heteroatoms. The van der Waals surface area contributed by atoms with Gasteiger partial charge in [0.05, 0.1) is 0 Å². The third-order valence-corrected chi connectivity index (χ3v) is 3.56. The number of nitrogens with zero attached hydrogens (tertiary/aromatic N) is 2. The molecule has 0 saturated carbocycles. The first kappa shape index (κ1) is 17.2. The molecule has 6 nitrogen and oxygen atoms in total. The lowest BCUT2D eigenvalue weighted by Gasteiger charge is -2.08. The summed E-state index contributed by atoms with van der Waals surface area (Å²) in [6, 6.07) is 7.21. The number of benzene rings is 1. The third-order valence-electron chi connectivity index (χ3n) is 3.15. The molecule has 122 valence electrons. The number of hydrogen-bond donors (Lipinski definition) is 2. The summed E-state index contributed by atoms with van der Waals surface area (Å²) in [6.07, 6.45) is 2.10. The van der Waals surface area contributed by atoms with Crippen molar-refractivity contribution in [3.8, 4) is 0 Å². The molecule has 2 aromatic rings. The summed E-state index contributed by atoms with van der Waals surface area (Å²) in [6.45, 7) is 3.07. The minimum atomic E-state index is -0.242. The molecule has 0 spiro atoms. The maximum atomic E-state index is 12.0. The highest BCUT2D eigenvalue weighted by molar-refractivity contribution is 6.31. The monoisotopic (exact) mass is 334 g/mol. The topological polar surface area (TPSA) is 76.1 Å². The number of carbonyl (C=O) groups excluding carboxylic acids is 1. The molecule has 23 heavy (non-hydrogen) atoms. The van der Waals surface area contributed by atoms with Crippen LogP contribution >= 0.6 is 11.6 Å². The minimum absolute atomic E-state index is 0.242. The third kappa shape index (κ3) is 5.19. The van der Waals surface area contributed by atoms with Crippen LogP contribution in [0.3, 0.4) is 0 Å². The molecule has 0 aliphatic rings. The standard InChI is InChI=1S/C16H19ClN4O2/c1-11-4-5-12(8-13(11)17)21-15-9-14(19-10-20-15)16(22)18-6-3-7-23-2/h4-5,8-10H,3,6-7H2,1-2H3,(H,18,22)(H,19,20,21). The van der Waals surface area contributed by atoms with Crippen molar-refractivity contribution in [3.05, 3.63) is 46.9 Å². The van der Waals surface area contributed by atoms with Crippen molar-refractivity contribution in [2.75, 3.05) is 25.6 Å². The number of hydrogen-bond acceptors (Lipinski definition) is 5. The van der Waals surface area contributed by atoms with Crippen LogP contribution < -0.4 is 10.6 Å². The van der Waals surface area contributed by atoms with Crippen LogP contribution in [0.25, 0.3) is 0 Å². The number of carbonyl (C=O) groups is 1. The van der Waals surface area contributed by atoms with Gasteiger partial charge in [0.2, 0.25) is 0 Å². The molecular formula is C16H19ClN4O2. The average Bonchev–Trinajstić information content (AvgIpc) is 2.55. The van der Waals surface area contributed by atoms with Gasteiger partial charge in [-0.25, -0.2) is 9.97 Å². The van der Waals surface area contributed by atoms with E-state index in [-0.39, 0.29) is 5.91 Å². The smallest absolute Gasteiger partial charge is 0.270 e. The molecule has 2 rings (SSSR count). The van der Waals surface area contributed by atoms with Crippen LogP contribution in [0, 0.1) is 6.92 Å². The molecule has 2 N–H and O–H groups in total. The Morgan fingerprint density at radius 3 is 2.87 bits per heavy atom. The largest absolute Gasteiger partial charge is 0.385 e. The van der Waals surface area contributed by atoms with E-state index in [2.05, 4.69) is 20.6 Å². The number of rotatable bonds is 7. The minimum Gasteiger partial charge on any atom is -0.385 e. The second-order valence-corrected chi connectivity index (χ2v) is 5.39. The Hall–Kier alpha value is -2.18. The highest BCUT2D eigenvalue weighted by Gasteiger charge is 2.08. The molecule has 1 aromatic carbocycles. The van der Waals surface area contributed by atoms with E-state index in [4.69, 9.17) is 16.3 Å². The first-order chi connectivity index (χ1) is 11.1. The number of ether oxygens (including phenoxy) is 1. The zero-order valence-corrected chi connectivity index (χ0v) is 13.9. The summed E-state index contributed by atoms with van der Waals surface area (Å²) in [7, 11) is 1.63. The van der Waals surface area contributed by atoms with Crippen LogP contribution in [0.2, 0.25) is 5.02 Å². The van der Waals surface area contributed by atoms with Gasteiger partial charge in [-0.05, 0) is 31.0 Å². The summed E-state index contributed by atoms with van der Waals surface area (Å²) in [5.41, 5.74) is 2.10. The first-order valence-corrected chi connectivity index (χ1v) is 7.60. The predicted molar refractivity (Wildman–Crippen MR) is 90.3 cm³/mol. The van der Waals surface area contributed by atoms with Crippen molar-refractivity contribution in [3.63, 3.8) is 0 Å². The van der Waals surface area contributed by atoms with Crippen molar-refractivity contribution < 1.29 is 9.53 Å². The van der Waals surface area contributed by atoms with Gasteiger partial charge in [-0.15, -0.1) is 0 Å². The van der Waals surface area contributed by atoms with Gasteiger partial charge < -0.3 is 15.4 Å². The molecule has 0 fully saturated rings. The number of nitrogens with one attached hydrogen (secondary N) is 2. The highest BCUT2D eigenvalue weighted by atomic mass is 35.5. The zero-order chi connectivity index (χ0) is 16.7. The van der Waals surface area contributed by atoms with Gasteiger partial charge in [0, 0.05) is 37.0 Å². The van der Waals surface area contributed by atoms with E-state index < -0.39 is 0 Å². The van der Waals surface area contributed by atoms with E-state index in [1.165, 1.54) is 6.33 Å².